The SMILES string of the molecule is C1=NCC2=C(CC=N2)N1. The van der Waals surface area contributed by atoms with Gasteiger partial charge in [-0.1, -0.05) is 0 Å². The molecule has 0 saturated carbocycles. The summed E-state index contributed by atoms with van der Waals surface area (Å²) in [6.45, 7) is 0.749. The van der Waals surface area contributed by atoms with Crippen molar-refractivity contribution in [2.75, 3.05) is 6.54 Å². The zero-order valence-electron chi connectivity index (χ0n) is 4.96. The molecule has 2 aliphatic rings. The van der Waals surface area contributed by atoms with Gasteiger partial charge >= 0.3 is 0 Å². The minimum atomic E-state index is 0.749. The highest BCUT2D eigenvalue weighted by molar-refractivity contribution is 5.72. The van der Waals surface area contributed by atoms with Gasteiger partial charge in [0.25, 0.3) is 0 Å². The summed E-state index contributed by atoms with van der Waals surface area (Å²) < 4.78 is 0. The maximum absolute atomic E-state index is 4.14. The fourth-order valence-corrected chi connectivity index (χ4v) is 0.977. The quantitative estimate of drug-likeness (QED) is 0.491. The summed E-state index contributed by atoms with van der Waals surface area (Å²) in [7, 11) is 0. The first-order valence-corrected chi connectivity index (χ1v) is 2.96. The smallest absolute Gasteiger partial charge is 0.0870 e. The Bertz CT molecular complexity index is 212. The molecule has 1 N–H and O–H groups in total. The van der Waals surface area contributed by atoms with Crippen LogP contribution in [0.15, 0.2) is 21.4 Å². The Kier molecular flexibility index (Phi) is 0.886. The highest BCUT2D eigenvalue weighted by atomic mass is 15.0. The van der Waals surface area contributed by atoms with Gasteiger partial charge in [0.1, 0.15) is 0 Å². The molecule has 3 nitrogen and oxygen atoms in total. The third kappa shape index (κ3) is 0.650. The summed E-state index contributed by atoms with van der Waals surface area (Å²) in [5.41, 5.74) is 2.31. The standard InChI is InChI=1S/C6H7N3/c1-2-8-6-3-7-4-9-5(1)6/h2,4H,1,3H2,(H,7,9). The van der Waals surface area contributed by atoms with Gasteiger partial charge in [-0.05, 0) is 0 Å². The monoisotopic (exact) mass is 121 g/mol. The molecule has 0 fully saturated rings. The number of allylic oxidation sites excluding steroid dienone is 1. The van der Waals surface area contributed by atoms with Crippen LogP contribution in [0.4, 0.5) is 0 Å². The number of hydrogen-bond acceptors (Lipinski definition) is 3. The maximum atomic E-state index is 4.14. The van der Waals surface area contributed by atoms with Crippen LogP contribution in [0.5, 0.6) is 0 Å². The van der Waals surface area contributed by atoms with E-state index in [1.54, 1.807) is 6.34 Å². The van der Waals surface area contributed by atoms with Crippen LogP contribution in [0.3, 0.4) is 0 Å². The Labute approximate surface area is 53.2 Å². The van der Waals surface area contributed by atoms with Crippen molar-refractivity contribution in [2.45, 2.75) is 6.42 Å². The lowest BCUT2D eigenvalue weighted by atomic mass is 10.3. The van der Waals surface area contributed by atoms with Crippen molar-refractivity contribution < 1.29 is 0 Å². The molecular formula is C6H7N3. The van der Waals surface area contributed by atoms with E-state index in [2.05, 4.69) is 15.3 Å². The first-order chi connectivity index (χ1) is 4.47. The molecule has 0 atom stereocenters. The Morgan fingerprint density at radius 3 is 3.44 bits per heavy atom. The minimum absolute atomic E-state index is 0.749. The van der Waals surface area contributed by atoms with Crippen molar-refractivity contribution in [3.63, 3.8) is 0 Å². The third-order valence-electron chi connectivity index (χ3n) is 1.46. The van der Waals surface area contributed by atoms with E-state index < -0.39 is 0 Å². The van der Waals surface area contributed by atoms with E-state index in [4.69, 9.17) is 0 Å². The van der Waals surface area contributed by atoms with Gasteiger partial charge in [-0.3, -0.25) is 9.98 Å². The molecule has 0 aromatic heterocycles. The fraction of sp³-hybridized carbons (Fsp3) is 0.333. The van der Waals surface area contributed by atoms with Gasteiger partial charge in [-0.2, -0.15) is 0 Å². The Morgan fingerprint density at radius 2 is 2.56 bits per heavy atom. The lowest BCUT2D eigenvalue weighted by molar-refractivity contribution is 0.966. The predicted molar refractivity (Wildman–Crippen MR) is 36.6 cm³/mol. The maximum Gasteiger partial charge on any atom is 0.0870 e. The molecule has 2 rings (SSSR count). The molecule has 2 heterocycles. The molecule has 0 bridgehead atoms. The van der Waals surface area contributed by atoms with Crippen molar-refractivity contribution in [1.82, 2.24) is 5.32 Å². The predicted octanol–water partition coefficient (Wildman–Crippen LogP) is 0.304. The summed E-state index contributed by atoms with van der Waals surface area (Å²) in [6.07, 6.45) is 4.58. The van der Waals surface area contributed by atoms with E-state index in [1.165, 1.54) is 5.70 Å². The van der Waals surface area contributed by atoms with Gasteiger partial charge in [0.15, 0.2) is 0 Å². The summed E-state index contributed by atoms with van der Waals surface area (Å²) in [6, 6.07) is 0. The molecule has 3 heteroatoms. The Hall–Kier alpha value is -1.12. The van der Waals surface area contributed by atoms with E-state index in [0.29, 0.717) is 0 Å². The first kappa shape index (κ1) is 4.73. The zero-order valence-corrected chi connectivity index (χ0v) is 4.96. The van der Waals surface area contributed by atoms with Crippen LogP contribution in [0.2, 0.25) is 0 Å². The average molecular weight is 121 g/mol. The van der Waals surface area contributed by atoms with Gasteiger partial charge in [0, 0.05) is 18.3 Å². The number of aliphatic imine (C=N–C) groups is 2. The number of hydrogen-bond donors (Lipinski definition) is 1. The second kappa shape index (κ2) is 1.69. The van der Waals surface area contributed by atoms with E-state index >= 15 is 0 Å². The molecule has 0 saturated heterocycles. The van der Waals surface area contributed by atoms with Gasteiger partial charge in [0.05, 0.1) is 18.6 Å². The lowest BCUT2D eigenvalue weighted by Gasteiger charge is -2.06. The van der Waals surface area contributed by atoms with E-state index in [9.17, 15) is 0 Å². The highest BCUT2D eigenvalue weighted by Gasteiger charge is 2.10. The summed E-state index contributed by atoms with van der Waals surface area (Å²) in [4.78, 5) is 8.15. The Morgan fingerprint density at radius 1 is 1.56 bits per heavy atom. The highest BCUT2D eigenvalue weighted by Crippen LogP contribution is 2.14. The average Bonchev–Trinajstić information content (AvgIpc) is 2.33. The van der Waals surface area contributed by atoms with E-state index in [1.807, 2.05) is 6.21 Å². The molecule has 0 aromatic rings. The zero-order chi connectivity index (χ0) is 6.10. The first-order valence-electron chi connectivity index (χ1n) is 2.96. The van der Waals surface area contributed by atoms with Crippen LogP contribution in [-0.4, -0.2) is 19.1 Å². The molecule has 0 aromatic carbocycles. The number of nitrogens with one attached hydrogen (secondary N) is 1. The van der Waals surface area contributed by atoms with Crippen molar-refractivity contribution >= 4 is 12.6 Å². The van der Waals surface area contributed by atoms with Gasteiger partial charge in [-0.25, -0.2) is 0 Å². The van der Waals surface area contributed by atoms with Crippen molar-refractivity contribution in [2.24, 2.45) is 9.98 Å². The van der Waals surface area contributed by atoms with Crippen LogP contribution in [0.1, 0.15) is 6.42 Å². The largest absolute Gasteiger partial charge is 0.348 e. The van der Waals surface area contributed by atoms with Crippen LogP contribution in [0, 0.1) is 0 Å². The summed E-state index contributed by atoms with van der Waals surface area (Å²) in [5.74, 6) is 0. The minimum Gasteiger partial charge on any atom is -0.348 e. The summed E-state index contributed by atoms with van der Waals surface area (Å²) in [5, 5.41) is 3.04. The molecule has 0 spiro atoms. The molecule has 0 unspecified atom stereocenters. The molecule has 0 radical (unpaired) electrons. The van der Waals surface area contributed by atoms with E-state index in [0.717, 1.165) is 18.7 Å². The number of nitrogens with zero attached hydrogens (tertiary/aromatic N) is 2. The van der Waals surface area contributed by atoms with Gasteiger partial charge in [-0.15, -0.1) is 0 Å². The second-order valence-corrected chi connectivity index (χ2v) is 2.06. The van der Waals surface area contributed by atoms with Crippen molar-refractivity contribution in [1.29, 1.82) is 0 Å². The third-order valence-corrected chi connectivity index (χ3v) is 1.46. The summed E-state index contributed by atoms with van der Waals surface area (Å²) >= 11 is 0. The van der Waals surface area contributed by atoms with Crippen LogP contribution in [0.25, 0.3) is 0 Å². The Balaban J connectivity index is 2.28. The van der Waals surface area contributed by atoms with Gasteiger partial charge < -0.3 is 5.32 Å². The topological polar surface area (TPSA) is 36.8 Å². The van der Waals surface area contributed by atoms with Crippen LogP contribution >= 0.6 is 0 Å². The normalized spacial score (nSPS) is 22.2. The number of rotatable bonds is 0. The van der Waals surface area contributed by atoms with Crippen molar-refractivity contribution in [3.8, 4) is 0 Å². The lowest BCUT2D eigenvalue weighted by Crippen LogP contribution is -2.15. The second-order valence-electron chi connectivity index (χ2n) is 2.06. The molecule has 9 heavy (non-hydrogen) atoms. The molecule has 2 aliphatic heterocycles. The van der Waals surface area contributed by atoms with Crippen LogP contribution in [-0.2, 0) is 0 Å². The van der Waals surface area contributed by atoms with Gasteiger partial charge in [0.2, 0.25) is 0 Å². The molecule has 0 aliphatic carbocycles. The van der Waals surface area contributed by atoms with E-state index in [-0.39, 0.29) is 0 Å². The fourth-order valence-electron chi connectivity index (χ4n) is 0.977. The molecular weight excluding hydrogens is 114 g/mol. The van der Waals surface area contributed by atoms with Crippen LogP contribution < -0.4 is 5.32 Å². The van der Waals surface area contributed by atoms with Crippen molar-refractivity contribution in [3.05, 3.63) is 11.4 Å². The molecule has 0 amide bonds. The molecule has 46 valence electrons.